The number of nitrogens with zero attached hydrogens (tertiary/aromatic N) is 1. The van der Waals surface area contributed by atoms with Crippen LogP contribution in [0, 0.1) is 0 Å². The predicted octanol–water partition coefficient (Wildman–Crippen LogP) is 6.62. The minimum atomic E-state index is 0.160. The molecule has 0 bridgehead atoms. The van der Waals surface area contributed by atoms with E-state index in [1.165, 1.54) is 16.7 Å². The maximum Gasteiger partial charge on any atom is 0.131 e. The van der Waals surface area contributed by atoms with E-state index in [1.807, 2.05) is 44.2 Å². The highest BCUT2D eigenvalue weighted by Crippen LogP contribution is 2.27. The van der Waals surface area contributed by atoms with E-state index < -0.39 is 0 Å². The van der Waals surface area contributed by atoms with Crippen molar-refractivity contribution in [3.63, 3.8) is 0 Å². The zero-order valence-corrected chi connectivity index (χ0v) is 22.4. The fourth-order valence-electron chi connectivity index (χ4n) is 4.22. The first-order chi connectivity index (χ1) is 17.5. The molecule has 3 aromatic carbocycles. The molecule has 1 heterocycles. The first-order valence-electron chi connectivity index (χ1n) is 12.7. The van der Waals surface area contributed by atoms with Crippen molar-refractivity contribution in [3.05, 3.63) is 95.7 Å². The van der Waals surface area contributed by atoms with E-state index in [0.717, 1.165) is 48.1 Å². The van der Waals surface area contributed by atoms with Crippen molar-refractivity contribution in [2.24, 2.45) is 0 Å². The molecule has 2 atom stereocenters. The van der Waals surface area contributed by atoms with Crippen molar-refractivity contribution >= 4 is 40.6 Å². The minimum absolute atomic E-state index is 0.160. The second-order valence-corrected chi connectivity index (χ2v) is 9.72. The maximum atomic E-state index is 6.03. The lowest BCUT2D eigenvalue weighted by Gasteiger charge is -2.22. The molecule has 0 radical (unpaired) electrons. The molecule has 0 aliphatic rings. The lowest BCUT2D eigenvalue weighted by Crippen LogP contribution is -2.21. The number of nitrogen functional groups attached to an aromatic ring is 2. The third kappa shape index (κ3) is 7.90. The van der Waals surface area contributed by atoms with Gasteiger partial charge in [0, 0.05) is 34.8 Å². The van der Waals surface area contributed by atoms with E-state index in [2.05, 4.69) is 77.6 Å². The third-order valence-electron chi connectivity index (χ3n) is 5.94. The normalized spacial score (nSPS) is 12.4. The number of benzene rings is 3. The van der Waals surface area contributed by atoms with Gasteiger partial charge in [-0.05, 0) is 77.9 Å². The lowest BCUT2D eigenvalue weighted by atomic mass is 9.99. The first kappa shape index (κ1) is 27.4. The fraction of sp³-hybridized carbons (Fsp3) is 0.300. The number of thiol groups is 1. The highest BCUT2D eigenvalue weighted by atomic mass is 32.1. The van der Waals surface area contributed by atoms with Crippen molar-refractivity contribution < 1.29 is 0 Å². The van der Waals surface area contributed by atoms with Gasteiger partial charge in [0.2, 0.25) is 0 Å². The van der Waals surface area contributed by atoms with Gasteiger partial charge in [-0.25, -0.2) is 4.98 Å². The molecule has 0 fully saturated rings. The molecule has 0 saturated carbocycles. The number of hydrogen-bond donors (Lipinski definition) is 5. The molecule has 0 aliphatic heterocycles. The molecular formula is C30H39N5S. The van der Waals surface area contributed by atoms with E-state index in [1.54, 1.807) is 6.20 Å². The minimum Gasteiger partial charge on any atom is -0.399 e. The molecule has 5 nitrogen and oxygen atoms in total. The molecule has 0 saturated heterocycles. The molecule has 4 rings (SSSR count). The monoisotopic (exact) mass is 501 g/mol. The van der Waals surface area contributed by atoms with Gasteiger partial charge in [-0.1, -0.05) is 57.2 Å². The Kier molecular flexibility index (Phi) is 10.5. The average Bonchev–Trinajstić information content (AvgIpc) is 2.87. The van der Waals surface area contributed by atoms with Crippen LogP contribution in [0.5, 0.6) is 0 Å². The molecule has 6 N–H and O–H groups in total. The number of pyridine rings is 1. The van der Waals surface area contributed by atoms with Crippen LogP contribution in [0.4, 0.5) is 17.2 Å². The zero-order valence-electron chi connectivity index (χ0n) is 21.5. The zero-order chi connectivity index (χ0) is 25.9. The van der Waals surface area contributed by atoms with Crippen LogP contribution in [0.2, 0.25) is 0 Å². The van der Waals surface area contributed by atoms with Gasteiger partial charge in [-0.15, -0.1) is 0 Å². The Bertz CT molecular complexity index is 1220. The van der Waals surface area contributed by atoms with Crippen LogP contribution in [-0.2, 0) is 13.0 Å². The Morgan fingerprint density at radius 3 is 2.42 bits per heavy atom. The van der Waals surface area contributed by atoms with Gasteiger partial charge in [-0.3, -0.25) is 0 Å². The van der Waals surface area contributed by atoms with Crippen molar-refractivity contribution in [2.45, 2.75) is 51.4 Å². The topological polar surface area (TPSA) is 89.0 Å². The Morgan fingerprint density at radius 2 is 1.69 bits per heavy atom. The van der Waals surface area contributed by atoms with Crippen molar-refractivity contribution in [3.8, 4) is 0 Å². The number of nitrogens with one attached hydrogen (secondary N) is 2. The van der Waals surface area contributed by atoms with Crippen LogP contribution in [0.25, 0.3) is 10.8 Å². The quantitative estimate of drug-likeness (QED) is 0.0957. The molecule has 0 amide bonds. The summed E-state index contributed by atoms with van der Waals surface area (Å²) in [5, 5.41) is 9.69. The summed E-state index contributed by atoms with van der Waals surface area (Å²) in [6.07, 6.45) is 3.64. The SMILES string of the molecule is CC.CC(S)Cc1ccc(C(CCNCc2cccc(N)c2)Nc2ccc3c(N)nccc3c2)cc1. The highest BCUT2D eigenvalue weighted by molar-refractivity contribution is 7.80. The third-order valence-corrected chi connectivity index (χ3v) is 6.12. The molecular weight excluding hydrogens is 462 g/mol. The number of hydrogen-bond acceptors (Lipinski definition) is 6. The van der Waals surface area contributed by atoms with Gasteiger partial charge < -0.3 is 22.1 Å². The summed E-state index contributed by atoms with van der Waals surface area (Å²) in [5.41, 5.74) is 17.6. The number of rotatable bonds is 10. The number of aromatic nitrogens is 1. The lowest BCUT2D eigenvalue weighted by molar-refractivity contribution is 0.601. The molecule has 0 aliphatic carbocycles. The second kappa shape index (κ2) is 13.8. The van der Waals surface area contributed by atoms with Crippen molar-refractivity contribution in [1.82, 2.24) is 10.3 Å². The highest BCUT2D eigenvalue weighted by Gasteiger charge is 2.13. The number of nitrogens with two attached hydrogens (primary N) is 2. The fourth-order valence-corrected chi connectivity index (χ4v) is 4.43. The largest absolute Gasteiger partial charge is 0.399 e. The van der Waals surface area contributed by atoms with Crippen LogP contribution in [0.1, 0.15) is 49.9 Å². The van der Waals surface area contributed by atoms with E-state index in [4.69, 9.17) is 11.5 Å². The summed E-state index contributed by atoms with van der Waals surface area (Å²) in [7, 11) is 0. The van der Waals surface area contributed by atoms with Gasteiger partial charge in [0.15, 0.2) is 0 Å². The molecule has 6 heteroatoms. The average molecular weight is 502 g/mol. The summed E-state index contributed by atoms with van der Waals surface area (Å²) in [6, 6.07) is 25.3. The van der Waals surface area contributed by atoms with Crippen molar-refractivity contribution in [2.75, 3.05) is 23.3 Å². The summed E-state index contributed by atoms with van der Waals surface area (Å²) >= 11 is 4.53. The van der Waals surface area contributed by atoms with Crippen LogP contribution in [0.15, 0.2) is 79.0 Å². The van der Waals surface area contributed by atoms with E-state index in [-0.39, 0.29) is 6.04 Å². The Balaban J connectivity index is 0.00000176. The summed E-state index contributed by atoms with van der Waals surface area (Å²) in [5.74, 6) is 0.556. The van der Waals surface area contributed by atoms with Crippen molar-refractivity contribution in [1.29, 1.82) is 0 Å². The van der Waals surface area contributed by atoms with Crippen LogP contribution in [0.3, 0.4) is 0 Å². The molecule has 1 aromatic heterocycles. The first-order valence-corrected chi connectivity index (χ1v) is 13.2. The van der Waals surface area contributed by atoms with Crippen LogP contribution >= 0.6 is 12.6 Å². The standard InChI is InChI=1S/C28H33N5S.C2H6/c1-19(34)15-20-5-7-22(8-6-20)27(12-13-31-18-21-3-2-4-24(29)16-21)33-25-9-10-26-23(17-25)11-14-32-28(26)30;1-2/h2-11,14,16-17,19,27,31,33-34H,12-13,15,18,29H2,1H3,(H2,30,32);1-2H3. The van der Waals surface area contributed by atoms with Gasteiger partial charge in [0.05, 0.1) is 6.04 Å². The summed E-state index contributed by atoms with van der Waals surface area (Å²) in [6.45, 7) is 7.78. The Hall–Kier alpha value is -3.22. The van der Waals surface area contributed by atoms with E-state index in [0.29, 0.717) is 11.1 Å². The summed E-state index contributed by atoms with van der Waals surface area (Å²) in [4.78, 5) is 4.19. The molecule has 4 aromatic rings. The number of anilines is 3. The predicted molar refractivity (Wildman–Crippen MR) is 160 cm³/mol. The summed E-state index contributed by atoms with van der Waals surface area (Å²) < 4.78 is 0. The molecule has 0 spiro atoms. The number of fused-ring (bicyclic) bond motifs is 1. The second-order valence-electron chi connectivity index (χ2n) is 8.83. The molecule has 2 unspecified atom stereocenters. The molecule has 190 valence electrons. The van der Waals surface area contributed by atoms with Gasteiger partial charge in [0.1, 0.15) is 5.82 Å². The van der Waals surface area contributed by atoms with Gasteiger partial charge >= 0.3 is 0 Å². The van der Waals surface area contributed by atoms with E-state index >= 15 is 0 Å². The van der Waals surface area contributed by atoms with Gasteiger partial charge in [0.25, 0.3) is 0 Å². The van der Waals surface area contributed by atoms with Crippen LogP contribution < -0.4 is 22.1 Å². The molecule has 36 heavy (non-hydrogen) atoms. The van der Waals surface area contributed by atoms with E-state index in [9.17, 15) is 0 Å². The Morgan fingerprint density at radius 1 is 0.917 bits per heavy atom. The van der Waals surface area contributed by atoms with Gasteiger partial charge in [-0.2, -0.15) is 12.6 Å². The Labute approximate surface area is 221 Å². The maximum absolute atomic E-state index is 6.03. The van der Waals surface area contributed by atoms with Crippen LogP contribution in [-0.4, -0.2) is 16.8 Å². The smallest absolute Gasteiger partial charge is 0.131 e.